The Morgan fingerprint density at radius 3 is 2.37 bits per heavy atom. The van der Waals surface area contributed by atoms with Crippen molar-refractivity contribution < 1.29 is 4.79 Å². The van der Waals surface area contributed by atoms with E-state index in [1.165, 1.54) is 0 Å². The van der Waals surface area contributed by atoms with Gasteiger partial charge in [-0.3, -0.25) is 4.79 Å². The molecule has 144 valence electrons. The molecule has 1 aliphatic heterocycles. The molecule has 5 heteroatoms. The number of amides is 1. The number of carbonyl (C=O) groups is 1. The number of hydrogen-bond donors (Lipinski definition) is 0. The van der Waals surface area contributed by atoms with Crippen molar-refractivity contribution in [1.29, 1.82) is 0 Å². The molecule has 0 saturated heterocycles. The van der Waals surface area contributed by atoms with E-state index in [1.807, 2.05) is 56.0 Å². The smallest absolute Gasteiger partial charge is 0.228 e. The summed E-state index contributed by atoms with van der Waals surface area (Å²) in [5, 5.41) is 0. The van der Waals surface area contributed by atoms with Gasteiger partial charge in [-0.05, 0) is 13.8 Å². The van der Waals surface area contributed by atoms with Crippen molar-refractivity contribution in [1.82, 2.24) is 14.9 Å². The second-order valence-electron chi connectivity index (χ2n) is 8.06. The van der Waals surface area contributed by atoms with Crippen LogP contribution in [0.15, 0.2) is 30.3 Å². The molecule has 0 spiro atoms. The molecule has 0 atom stereocenters. The van der Waals surface area contributed by atoms with E-state index in [2.05, 4.69) is 18.7 Å². The average Bonchev–Trinajstić information content (AvgIpc) is 2.67. The fraction of sp³-hybridized carbons (Fsp3) is 0.500. The van der Waals surface area contributed by atoms with E-state index in [-0.39, 0.29) is 11.3 Å². The molecule has 0 aliphatic carbocycles. The van der Waals surface area contributed by atoms with Gasteiger partial charge in [0.05, 0.1) is 12.2 Å². The van der Waals surface area contributed by atoms with Crippen LogP contribution in [0.25, 0.3) is 11.4 Å². The molecule has 27 heavy (non-hydrogen) atoms. The minimum atomic E-state index is -0.377. The van der Waals surface area contributed by atoms with Crippen LogP contribution in [0.1, 0.15) is 45.9 Å². The van der Waals surface area contributed by atoms with Crippen LogP contribution >= 0.6 is 0 Å². The molecule has 0 unspecified atom stereocenters. The Morgan fingerprint density at radius 1 is 1.11 bits per heavy atom. The summed E-state index contributed by atoms with van der Waals surface area (Å²) in [6.07, 6.45) is 0.772. The van der Waals surface area contributed by atoms with E-state index in [4.69, 9.17) is 9.97 Å². The number of rotatable bonds is 4. The third-order valence-electron chi connectivity index (χ3n) is 5.06. The summed E-state index contributed by atoms with van der Waals surface area (Å²) in [7, 11) is 0. The molecule has 0 bridgehead atoms. The van der Waals surface area contributed by atoms with E-state index in [0.717, 1.165) is 48.0 Å². The highest BCUT2D eigenvalue weighted by atomic mass is 16.2. The predicted molar refractivity (Wildman–Crippen MR) is 110 cm³/mol. The van der Waals surface area contributed by atoms with Crippen LogP contribution in [0.5, 0.6) is 0 Å². The van der Waals surface area contributed by atoms with Crippen LogP contribution in [0.3, 0.4) is 0 Å². The summed E-state index contributed by atoms with van der Waals surface area (Å²) >= 11 is 0. The standard InChI is InChI=1S/C22H30N4O/c1-6-25(7-2)20-17-15-26(21(27)22(3,4)5)14-13-18(17)23-19(24-20)16-11-9-8-10-12-16/h8-12H,6-7,13-15H2,1-5H3. The van der Waals surface area contributed by atoms with Crippen LogP contribution < -0.4 is 4.90 Å². The predicted octanol–water partition coefficient (Wildman–Crippen LogP) is 3.92. The zero-order valence-electron chi connectivity index (χ0n) is 17.1. The van der Waals surface area contributed by atoms with Gasteiger partial charge in [-0.25, -0.2) is 9.97 Å². The first kappa shape index (κ1) is 19.3. The van der Waals surface area contributed by atoms with Crippen molar-refractivity contribution in [2.24, 2.45) is 5.41 Å². The molecule has 1 aromatic carbocycles. The van der Waals surface area contributed by atoms with Crippen molar-refractivity contribution in [2.45, 2.75) is 47.6 Å². The van der Waals surface area contributed by atoms with Crippen molar-refractivity contribution in [3.63, 3.8) is 0 Å². The van der Waals surface area contributed by atoms with Gasteiger partial charge in [-0.1, -0.05) is 51.1 Å². The Kier molecular flexibility index (Phi) is 5.49. The number of benzene rings is 1. The summed E-state index contributed by atoms with van der Waals surface area (Å²) in [4.78, 5) is 26.8. The molecular formula is C22H30N4O. The Labute approximate surface area is 162 Å². The van der Waals surface area contributed by atoms with E-state index in [1.54, 1.807) is 0 Å². The van der Waals surface area contributed by atoms with Gasteiger partial charge in [-0.15, -0.1) is 0 Å². The van der Waals surface area contributed by atoms with Crippen LogP contribution in [-0.4, -0.2) is 40.4 Å². The minimum absolute atomic E-state index is 0.186. The normalized spacial score (nSPS) is 14.0. The van der Waals surface area contributed by atoms with Gasteiger partial charge in [-0.2, -0.15) is 0 Å². The average molecular weight is 367 g/mol. The molecule has 1 amide bonds. The molecule has 5 nitrogen and oxygen atoms in total. The first-order chi connectivity index (χ1) is 12.8. The SMILES string of the molecule is CCN(CC)c1nc(-c2ccccc2)nc2c1CN(C(=O)C(C)(C)C)CC2. The lowest BCUT2D eigenvalue weighted by molar-refractivity contribution is -0.140. The summed E-state index contributed by atoms with van der Waals surface area (Å²) in [6.45, 7) is 13.3. The van der Waals surface area contributed by atoms with E-state index in [9.17, 15) is 4.79 Å². The Morgan fingerprint density at radius 2 is 1.78 bits per heavy atom. The van der Waals surface area contributed by atoms with Gasteiger partial charge in [0.25, 0.3) is 0 Å². The Bertz CT molecular complexity index is 807. The number of fused-ring (bicyclic) bond motifs is 1. The first-order valence-electron chi connectivity index (χ1n) is 9.84. The van der Waals surface area contributed by atoms with Crippen molar-refractivity contribution >= 4 is 11.7 Å². The zero-order chi connectivity index (χ0) is 19.6. The molecule has 0 radical (unpaired) electrons. The first-order valence-corrected chi connectivity index (χ1v) is 9.84. The maximum absolute atomic E-state index is 12.8. The van der Waals surface area contributed by atoms with Crippen LogP contribution in [0, 0.1) is 5.41 Å². The number of hydrogen-bond acceptors (Lipinski definition) is 4. The van der Waals surface area contributed by atoms with Gasteiger partial charge < -0.3 is 9.80 Å². The van der Waals surface area contributed by atoms with Crippen LogP contribution in [0.2, 0.25) is 0 Å². The van der Waals surface area contributed by atoms with Crippen molar-refractivity contribution in [2.75, 3.05) is 24.5 Å². The lowest BCUT2D eigenvalue weighted by Gasteiger charge is -2.35. The fourth-order valence-electron chi connectivity index (χ4n) is 3.55. The van der Waals surface area contributed by atoms with Crippen LogP contribution in [-0.2, 0) is 17.8 Å². The maximum Gasteiger partial charge on any atom is 0.228 e. The van der Waals surface area contributed by atoms with Gasteiger partial charge in [0.15, 0.2) is 5.82 Å². The second-order valence-corrected chi connectivity index (χ2v) is 8.06. The monoisotopic (exact) mass is 366 g/mol. The molecule has 3 rings (SSSR count). The molecule has 1 aliphatic rings. The number of anilines is 1. The zero-order valence-corrected chi connectivity index (χ0v) is 17.1. The maximum atomic E-state index is 12.8. The summed E-state index contributed by atoms with van der Waals surface area (Å²) in [5.41, 5.74) is 2.82. The number of nitrogens with zero attached hydrogens (tertiary/aromatic N) is 4. The van der Waals surface area contributed by atoms with Crippen LogP contribution in [0.4, 0.5) is 5.82 Å². The number of aromatic nitrogens is 2. The van der Waals surface area contributed by atoms with E-state index >= 15 is 0 Å². The molecule has 0 N–H and O–H groups in total. The van der Waals surface area contributed by atoms with Crippen molar-refractivity contribution in [3.05, 3.63) is 41.6 Å². The minimum Gasteiger partial charge on any atom is -0.357 e. The molecule has 2 heterocycles. The molecule has 0 fully saturated rings. The quantitative estimate of drug-likeness (QED) is 0.823. The topological polar surface area (TPSA) is 49.3 Å². The van der Waals surface area contributed by atoms with Gasteiger partial charge in [0, 0.05) is 42.6 Å². The van der Waals surface area contributed by atoms with Gasteiger partial charge >= 0.3 is 0 Å². The third kappa shape index (κ3) is 3.97. The lowest BCUT2D eigenvalue weighted by atomic mass is 9.93. The Balaban J connectivity index is 2.06. The molecule has 2 aromatic rings. The van der Waals surface area contributed by atoms with Crippen molar-refractivity contribution in [3.8, 4) is 11.4 Å². The van der Waals surface area contributed by atoms with Gasteiger partial charge in [0.2, 0.25) is 5.91 Å². The summed E-state index contributed by atoms with van der Waals surface area (Å²) < 4.78 is 0. The molecule has 1 aromatic heterocycles. The highest BCUT2D eigenvalue weighted by Crippen LogP contribution is 2.31. The molecular weight excluding hydrogens is 336 g/mol. The number of carbonyl (C=O) groups excluding carboxylic acids is 1. The lowest BCUT2D eigenvalue weighted by Crippen LogP contribution is -2.43. The second kappa shape index (κ2) is 7.67. The summed E-state index contributed by atoms with van der Waals surface area (Å²) in [6, 6.07) is 10.1. The largest absolute Gasteiger partial charge is 0.357 e. The van der Waals surface area contributed by atoms with E-state index in [0.29, 0.717) is 13.1 Å². The fourth-order valence-corrected chi connectivity index (χ4v) is 3.55. The van der Waals surface area contributed by atoms with E-state index < -0.39 is 0 Å². The molecule has 0 saturated carbocycles. The highest BCUT2D eigenvalue weighted by Gasteiger charge is 2.32. The third-order valence-corrected chi connectivity index (χ3v) is 5.06. The summed E-state index contributed by atoms with van der Waals surface area (Å²) in [5.74, 6) is 1.92. The highest BCUT2D eigenvalue weighted by molar-refractivity contribution is 5.82. The Hall–Kier alpha value is -2.43. The van der Waals surface area contributed by atoms with Gasteiger partial charge in [0.1, 0.15) is 5.82 Å².